The number of phenols is 1. The van der Waals surface area contributed by atoms with Crippen molar-refractivity contribution in [1.82, 2.24) is 0 Å². The Labute approximate surface area is 234 Å². The molecule has 12 nitrogen and oxygen atoms in total. The van der Waals surface area contributed by atoms with Crippen LogP contribution in [0, 0.1) is 31.9 Å². The van der Waals surface area contributed by atoms with Gasteiger partial charge in [0.2, 0.25) is 0 Å². The summed E-state index contributed by atoms with van der Waals surface area (Å²) < 4.78 is 31.5. The monoisotopic (exact) mass is 588 g/mol. The number of nitro benzene ring substituents is 2. The number of nitro groups is 2. The number of phenolic OH excluding ortho intramolecular Hbond substituents is 1. The molecule has 0 aliphatic heterocycles. The number of nitrogens with two attached hydrogens (primary N) is 2. The number of nitrogens with zero attached hydrogens (tertiary/aromatic N) is 2. The highest BCUT2D eigenvalue weighted by Crippen LogP contribution is 2.32. The number of nitrogen functional groups attached to an aromatic ring is 2. The molecule has 5 N–H and O–H groups in total. The van der Waals surface area contributed by atoms with Gasteiger partial charge >= 0.3 is 0 Å². The van der Waals surface area contributed by atoms with Gasteiger partial charge < -0.3 is 21.3 Å². The summed E-state index contributed by atoms with van der Waals surface area (Å²) in [5.41, 5.74) is 10.3. The van der Waals surface area contributed by atoms with Crippen molar-refractivity contribution in [2.24, 2.45) is 0 Å². The number of rotatable bonds is 6. The second-order valence-corrected chi connectivity index (χ2v) is 8.09. The highest BCUT2D eigenvalue weighted by Gasteiger charge is 2.18. The SMILES string of the molecule is Nc1cc(Cl)c(F)cc1[N+](=O)[O-].Nc1cc(Oc2ccc(C=O)cc2)c(F)cc1[N+](=O)[O-].O=Cc1ccc(O)cc1. The number of aromatic hydroxyl groups is 1. The van der Waals surface area contributed by atoms with Crippen LogP contribution in [0.4, 0.5) is 31.5 Å². The van der Waals surface area contributed by atoms with E-state index in [-0.39, 0.29) is 33.6 Å². The van der Waals surface area contributed by atoms with Gasteiger partial charge in [0.05, 0.1) is 27.0 Å². The number of ether oxygens (including phenoxy) is 1. The lowest BCUT2D eigenvalue weighted by atomic mass is 10.2. The van der Waals surface area contributed by atoms with Crippen LogP contribution < -0.4 is 16.2 Å². The minimum Gasteiger partial charge on any atom is -0.508 e. The highest BCUT2D eigenvalue weighted by molar-refractivity contribution is 6.31. The normalized spacial score (nSPS) is 9.73. The largest absolute Gasteiger partial charge is 0.508 e. The van der Waals surface area contributed by atoms with Gasteiger partial charge in [-0.1, -0.05) is 11.6 Å². The first-order valence-electron chi connectivity index (χ1n) is 11.0. The lowest BCUT2D eigenvalue weighted by Crippen LogP contribution is -1.98. The molecule has 4 rings (SSSR count). The Kier molecular flexibility index (Phi) is 11.2. The second kappa shape index (κ2) is 14.5. The smallest absolute Gasteiger partial charge is 0.295 e. The van der Waals surface area contributed by atoms with Crippen molar-refractivity contribution in [2.75, 3.05) is 11.5 Å². The predicted molar refractivity (Wildman–Crippen MR) is 145 cm³/mol. The lowest BCUT2D eigenvalue weighted by Gasteiger charge is -2.08. The number of hydrogen-bond donors (Lipinski definition) is 3. The van der Waals surface area contributed by atoms with Crippen LogP contribution in [-0.2, 0) is 0 Å². The van der Waals surface area contributed by atoms with Crippen molar-refractivity contribution in [3.8, 4) is 17.2 Å². The molecular weight excluding hydrogens is 570 g/mol. The number of carbonyl (C=O) groups is 2. The Hall–Kier alpha value is -5.63. The van der Waals surface area contributed by atoms with E-state index in [0.29, 0.717) is 29.5 Å². The summed E-state index contributed by atoms with van der Waals surface area (Å²) in [6.45, 7) is 0. The van der Waals surface area contributed by atoms with Crippen molar-refractivity contribution in [1.29, 1.82) is 0 Å². The first-order chi connectivity index (χ1) is 19.4. The minimum atomic E-state index is -0.898. The van der Waals surface area contributed by atoms with Gasteiger partial charge in [-0.25, -0.2) is 8.78 Å². The Morgan fingerprint density at radius 3 is 1.66 bits per heavy atom. The zero-order valence-corrected chi connectivity index (χ0v) is 21.3. The van der Waals surface area contributed by atoms with E-state index in [4.69, 9.17) is 32.9 Å². The van der Waals surface area contributed by atoms with Crippen LogP contribution in [0.25, 0.3) is 0 Å². The Morgan fingerprint density at radius 1 is 0.756 bits per heavy atom. The van der Waals surface area contributed by atoms with Crippen LogP contribution in [0.15, 0.2) is 72.8 Å². The maximum Gasteiger partial charge on any atom is 0.295 e. The molecule has 0 atom stereocenters. The summed E-state index contributed by atoms with van der Waals surface area (Å²) in [6, 6.07) is 15.4. The van der Waals surface area contributed by atoms with E-state index in [1.54, 1.807) is 12.1 Å². The fraction of sp³-hybridized carbons (Fsp3) is 0. The molecule has 0 saturated carbocycles. The number of hydrogen-bond acceptors (Lipinski definition) is 10. The molecule has 212 valence electrons. The van der Waals surface area contributed by atoms with Crippen LogP contribution in [0.1, 0.15) is 20.7 Å². The average Bonchev–Trinajstić information content (AvgIpc) is 2.94. The van der Waals surface area contributed by atoms with Crippen molar-refractivity contribution in [2.45, 2.75) is 0 Å². The molecule has 0 spiro atoms. The zero-order chi connectivity index (χ0) is 30.7. The third kappa shape index (κ3) is 9.26. The molecule has 4 aromatic carbocycles. The molecule has 15 heteroatoms. The summed E-state index contributed by atoms with van der Waals surface area (Å²) >= 11 is 5.31. The third-order valence-corrected chi connectivity index (χ3v) is 5.11. The quantitative estimate of drug-likeness (QED) is 0.102. The van der Waals surface area contributed by atoms with Crippen molar-refractivity contribution in [3.05, 3.63) is 121 Å². The van der Waals surface area contributed by atoms with E-state index < -0.39 is 32.9 Å². The average molecular weight is 589 g/mol. The van der Waals surface area contributed by atoms with E-state index in [9.17, 15) is 38.6 Å². The van der Waals surface area contributed by atoms with E-state index in [1.165, 1.54) is 36.4 Å². The molecule has 4 aromatic rings. The zero-order valence-electron chi connectivity index (χ0n) is 20.6. The Bertz CT molecular complexity index is 1570. The summed E-state index contributed by atoms with van der Waals surface area (Å²) in [7, 11) is 0. The van der Waals surface area contributed by atoms with E-state index in [2.05, 4.69) is 0 Å². The fourth-order valence-corrected chi connectivity index (χ4v) is 2.97. The van der Waals surface area contributed by atoms with Crippen molar-refractivity contribution in [3.63, 3.8) is 0 Å². The Balaban J connectivity index is 0.000000237. The molecule has 0 unspecified atom stereocenters. The lowest BCUT2D eigenvalue weighted by molar-refractivity contribution is -0.384. The predicted octanol–water partition coefficient (Wildman–Crippen LogP) is 6.10. The summed E-state index contributed by atoms with van der Waals surface area (Å²) in [4.78, 5) is 39.8. The van der Waals surface area contributed by atoms with Gasteiger partial charge in [0.1, 0.15) is 41.3 Å². The van der Waals surface area contributed by atoms with Crippen molar-refractivity contribution >= 4 is 46.9 Å². The van der Waals surface area contributed by atoms with Crippen LogP contribution >= 0.6 is 11.6 Å². The molecule has 0 aromatic heterocycles. The molecule has 0 aliphatic rings. The molecular formula is C26H19ClF2N4O8. The highest BCUT2D eigenvalue weighted by atomic mass is 35.5. The first-order valence-corrected chi connectivity index (χ1v) is 11.3. The van der Waals surface area contributed by atoms with Crippen LogP contribution in [0.5, 0.6) is 17.2 Å². The number of anilines is 2. The molecule has 41 heavy (non-hydrogen) atoms. The maximum absolute atomic E-state index is 13.7. The van der Waals surface area contributed by atoms with Crippen LogP contribution in [-0.4, -0.2) is 27.5 Å². The van der Waals surface area contributed by atoms with Gasteiger partial charge in [0.15, 0.2) is 11.6 Å². The topological polar surface area (TPSA) is 202 Å². The maximum atomic E-state index is 13.7. The molecule has 0 aliphatic carbocycles. The number of benzene rings is 4. The van der Waals surface area contributed by atoms with Gasteiger partial charge in [-0.15, -0.1) is 0 Å². The van der Waals surface area contributed by atoms with Gasteiger partial charge in [0.25, 0.3) is 11.4 Å². The molecule has 0 fully saturated rings. The van der Waals surface area contributed by atoms with Crippen LogP contribution in [0.2, 0.25) is 5.02 Å². The number of carbonyl (C=O) groups excluding carboxylic acids is 2. The second-order valence-electron chi connectivity index (χ2n) is 7.68. The molecule has 0 heterocycles. The first kappa shape index (κ1) is 31.6. The minimum absolute atomic E-state index is 0.147. The number of aldehydes is 2. The summed E-state index contributed by atoms with van der Waals surface area (Å²) in [6.07, 6.45) is 1.40. The van der Waals surface area contributed by atoms with Gasteiger partial charge in [-0.2, -0.15) is 0 Å². The molecule has 0 saturated heterocycles. The van der Waals surface area contributed by atoms with Gasteiger partial charge in [0, 0.05) is 17.2 Å². The van der Waals surface area contributed by atoms with E-state index >= 15 is 0 Å². The van der Waals surface area contributed by atoms with Gasteiger partial charge in [-0.3, -0.25) is 29.8 Å². The van der Waals surface area contributed by atoms with E-state index in [0.717, 1.165) is 18.4 Å². The van der Waals surface area contributed by atoms with Gasteiger partial charge in [-0.05, 0) is 54.6 Å². The Morgan fingerprint density at radius 2 is 1.20 bits per heavy atom. The number of halogens is 3. The van der Waals surface area contributed by atoms with Crippen molar-refractivity contribution < 1.29 is 38.1 Å². The molecule has 0 amide bonds. The summed E-state index contributed by atoms with van der Waals surface area (Å²) in [5, 5.41) is 29.3. The fourth-order valence-electron chi connectivity index (χ4n) is 2.80. The summed E-state index contributed by atoms with van der Waals surface area (Å²) in [5.74, 6) is -1.52. The van der Waals surface area contributed by atoms with Crippen LogP contribution in [0.3, 0.4) is 0 Å². The standard InChI is InChI=1S/C13H9FN2O4.C7H6O2.C6H4ClFN2O2/c14-10-5-12(16(18)19)11(15)6-13(10)20-9-3-1-8(7-17)2-4-9;8-5-6-1-3-7(9)4-2-6;7-3-1-5(9)6(10(11)12)2-4(3)8/h1-7H,15H2;1-5,9H;1-2H,9H2. The van der Waals surface area contributed by atoms with E-state index in [1.807, 2.05) is 0 Å². The third-order valence-electron chi connectivity index (χ3n) is 4.82. The molecule has 0 radical (unpaired) electrons. The molecule has 0 bridgehead atoms.